The van der Waals surface area contributed by atoms with Crippen LogP contribution in [0.4, 0.5) is 4.79 Å². The summed E-state index contributed by atoms with van der Waals surface area (Å²) in [7, 11) is 0. The summed E-state index contributed by atoms with van der Waals surface area (Å²) in [6.07, 6.45) is 11.8. The van der Waals surface area contributed by atoms with Crippen LogP contribution < -0.4 is 10.6 Å². The third-order valence-electron chi connectivity index (χ3n) is 8.51. The molecule has 4 rings (SSSR count). The van der Waals surface area contributed by atoms with Gasteiger partial charge in [-0.1, -0.05) is 48.5 Å². The molecule has 1 unspecified atom stereocenters. The lowest BCUT2D eigenvalue weighted by atomic mass is 9.63. The van der Waals surface area contributed by atoms with Gasteiger partial charge in [0, 0.05) is 32.3 Å². The molecule has 2 fully saturated rings. The molecule has 11 heteroatoms. The molecule has 2 aliphatic rings. The first-order chi connectivity index (χ1) is 19.8. The van der Waals surface area contributed by atoms with Crippen LogP contribution in [-0.2, 0) is 27.2 Å². The normalized spacial score (nSPS) is 18.0. The number of piperidine rings is 1. The Morgan fingerprint density at radius 1 is 1.15 bits per heavy atom. The van der Waals surface area contributed by atoms with E-state index in [1.807, 2.05) is 19.2 Å². The number of amides is 3. The molecule has 1 aromatic carbocycles. The number of imidazole rings is 1. The second kappa shape index (κ2) is 14.9. The van der Waals surface area contributed by atoms with Crippen molar-refractivity contribution in [3.63, 3.8) is 0 Å². The molecular formula is C30H41Cl2N5O4. The zero-order valence-electron chi connectivity index (χ0n) is 23.7. The Morgan fingerprint density at radius 2 is 1.90 bits per heavy atom. The molecule has 1 saturated heterocycles. The predicted molar refractivity (Wildman–Crippen MR) is 159 cm³/mol. The fourth-order valence-electron chi connectivity index (χ4n) is 6.27. The Balaban J connectivity index is 1.42. The van der Waals surface area contributed by atoms with E-state index in [9.17, 15) is 14.4 Å². The maximum Gasteiger partial charge on any atom is 0.315 e. The zero-order chi connectivity index (χ0) is 29.2. The summed E-state index contributed by atoms with van der Waals surface area (Å²) >= 11 is 12.3. The smallest absolute Gasteiger partial charge is 0.315 e. The number of carbonyl (C=O) groups excluding carboxylic acids is 3. The van der Waals surface area contributed by atoms with Gasteiger partial charge in [-0.25, -0.2) is 9.78 Å². The number of nitrogens with zero attached hydrogens (tertiary/aromatic N) is 2. The van der Waals surface area contributed by atoms with E-state index in [-0.39, 0.29) is 24.2 Å². The Kier molecular flexibility index (Phi) is 11.3. The van der Waals surface area contributed by atoms with E-state index in [0.29, 0.717) is 55.5 Å². The van der Waals surface area contributed by atoms with Crippen LogP contribution in [0.3, 0.4) is 0 Å². The number of carbonyl (C=O) groups is 3. The molecule has 0 spiro atoms. The largest absolute Gasteiger partial charge is 0.466 e. The van der Waals surface area contributed by atoms with E-state index in [1.54, 1.807) is 23.4 Å². The minimum absolute atomic E-state index is 0.126. The van der Waals surface area contributed by atoms with Crippen molar-refractivity contribution in [2.75, 3.05) is 26.2 Å². The van der Waals surface area contributed by atoms with E-state index in [0.717, 1.165) is 43.4 Å². The first-order valence-electron chi connectivity index (χ1n) is 14.7. The fraction of sp³-hybridized carbons (Fsp3) is 0.600. The van der Waals surface area contributed by atoms with Gasteiger partial charge in [0.15, 0.2) is 0 Å². The number of rotatable bonds is 11. The molecule has 1 aliphatic carbocycles. The minimum atomic E-state index is -0.802. The number of halogens is 2. The van der Waals surface area contributed by atoms with Gasteiger partial charge in [0.05, 0.1) is 34.1 Å². The minimum Gasteiger partial charge on any atom is -0.466 e. The summed E-state index contributed by atoms with van der Waals surface area (Å²) < 4.78 is 5.57. The van der Waals surface area contributed by atoms with Gasteiger partial charge in [-0.3, -0.25) is 9.59 Å². The first kappa shape index (κ1) is 31.2. The number of ether oxygens (including phenoxy) is 1. The number of nitrogens with one attached hydrogen (secondary N) is 3. The van der Waals surface area contributed by atoms with Gasteiger partial charge in [-0.05, 0) is 69.1 Å². The summed E-state index contributed by atoms with van der Waals surface area (Å²) in [5, 5.41) is 6.56. The van der Waals surface area contributed by atoms with E-state index in [4.69, 9.17) is 27.9 Å². The molecule has 1 saturated carbocycles. The molecule has 2 aromatic rings. The molecule has 0 radical (unpaired) electrons. The van der Waals surface area contributed by atoms with E-state index >= 15 is 0 Å². The number of esters is 1. The van der Waals surface area contributed by atoms with Gasteiger partial charge in [0.2, 0.25) is 5.91 Å². The topological polar surface area (TPSA) is 116 Å². The number of benzene rings is 1. The second-order valence-electron chi connectivity index (χ2n) is 11.1. The van der Waals surface area contributed by atoms with Crippen molar-refractivity contribution in [3.05, 3.63) is 52.0 Å². The Morgan fingerprint density at radius 3 is 2.56 bits per heavy atom. The third-order valence-corrected chi connectivity index (χ3v) is 9.25. The van der Waals surface area contributed by atoms with Crippen LogP contribution in [0.25, 0.3) is 0 Å². The van der Waals surface area contributed by atoms with Crippen LogP contribution in [-0.4, -0.2) is 65.1 Å². The molecule has 9 nitrogen and oxygen atoms in total. The number of aryl methyl sites for hydroxylation is 1. The standard InChI is InChI=1S/C30H41Cl2N5O4/c1-2-41-28(39)30(22-7-4-3-5-8-22)12-15-37(16-13-30)27(38)26(18-21-10-11-24(31)25(32)17-21)36-29(40)34-14-6-9-23-19-33-20-35-23/h10-11,17,19-20,22,26H,2-9,12-16,18H2,1H3,(H,33,35)(H2,34,36,40). The van der Waals surface area contributed by atoms with Gasteiger partial charge in [0.1, 0.15) is 6.04 Å². The molecule has 0 bridgehead atoms. The number of H-pyrrole nitrogens is 1. The Hall–Kier alpha value is -2.78. The van der Waals surface area contributed by atoms with Gasteiger partial charge in [-0.2, -0.15) is 0 Å². The van der Waals surface area contributed by atoms with Crippen molar-refractivity contribution in [3.8, 4) is 0 Å². The molecular weight excluding hydrogens is 565 g/mol. The van der Waals surface area contributed by atoms with Crippen LogP contribution in [0, 0.1) is 11.3 Å². The van der Waals surface area contributed by atoms with Gasteiger partial charge in [-0.15, -0.1) is 0 Å². The van der Waals surface area contributed by atoms with E-state index in [1.165, 1.54) is 6.42 Å². The number of urea groups is 1. The van der Waals surface area contributed by atoms with Crippen molar-refractivity contribution < 1.29 is 19.1 Å². The van der Waals surface area contributed by atoms with Crippen LogP contribution >= 0.6 is 23.2 Å². The summed E-state index contributed by atoms with van der Waals surface area (Å²) in [4.78, 5) is 48.9. The summed E-state index contributed by atoms with van der Waals surface area (Å²) in [6, 6.07) is 4.00. The van der Waals surface area contributed by atoms with Crippen molar-refractivity contribution in [1.29, 1.82) is 0 Å². The number of hydrogen-bond acceptors (Lipinski definition) is 5. The molecule has 41 heavy (non-hydrogen) atoms. The monoisotopic (exact) mass is 605 g/mol. The summed E-state index contributed by atoms with van der Waals surface area (Å²) in [5.41, 5.74) is 1.17. The van der Waals surface area contributed by atoms with Crippen LogP contribution in [0.2, 0.25) is 10.0 Å². The highest BCUT2D eigenvalue weighted by atomic mass is 35.5. The zero-order valence-corrected chi connectivity index (χ0v) is 25.2. The lowest BCUT2D eigenvalue weighted by Crippen LogP contribution is -2.56. The van der Waals surface area contributed by atoms with Crippen molar-refractivity contribution in [2.24, 2.45) is 11.3 Å². The molecule has 1 aromatic heterocycles. The molecule has 1 aliphatic heterocycles. The number of hydrogen-bond donors (Lipinski definition) is 3. The Labute approximate surface area is 252 Å². The van der Waals surface area contributed by atoms with Crippen molar-refractivity contribution in [2.45, 2.75) is 77.2 Å². The summed E-state index contributed by atoms with van der Waals surface area (Å²) in [5.74, 6) is -0.0209. The third kappa shape index (κ3) is 8.16. The highest BCUT2D eigenvalue weighted by molar-refractivity contribution is 6.42. The molecule has 2 heterocycles. The van der Waals surface area contributed by atoms with E-state index < -0.39 is 17.5 Å². The molecule has 224 valence electrons. The Bertz CT molecular complexity index is 1160. The van der Waals surface area contributed by atoms with Crippen LogP contribution in [0.15, 0.2) is 30.7 Å². The summed E-state index contributed by atoms with van der Waals surface area (Å²) in [6.45, 7) is 3.52. The maximum absolute atomic E-state index is 13.9. The van der Waals surface area contributed by atoms with Gasteiger partial charge in [0.25, 0.3) is 0 Å². The number of aromatic nitrogens is 2. The average molecular weight is 607 g/mol. The molecule has 3 amide bonds. The van der Waals surface area contributed by atoms with Crippen LogP contribution in [0.5, 0.6) is 0 Å². The highest BCUT2D eigenvalue weighted by Crippen LogP contribution is 2.47. The molecule has 1 atom stereocenters. The van der Waals surface area contributed by atoms with Crippen molar-refractivity contribution >= 4 is 41.1 Å². The predicted octanol–water partition coefficient (Wildman–Crippen LogP) is 5.31. The van der Waals surface area contributed by atoms with E-state index in [2.05, 4.69) is 20.6 Å². The first-order valence-corrected chi connectivity index (χ1v) is 15.5. The number of likely N-dealkylation sites (tertiary alicyclic amines) is 1. The van der Waals surface area contributed by atoms with Crippen molar-refractivity contribution in [1.82, 2.24) is 25.5 Å². The highest BCUT2D eigenvalue weighted by Gasteiger charge is 2.49. The van der Waals surface area contributed by atoms with Gasteiger partial charge >= 0.3 is 12.0 Å². The fourth-order valence-corrected chi connectivity index (χ4v) is 6.59. The maximum atomic E-state index is 13.9. The van der Waals surface area contributed by atoms with Gasteiger partial charge < -0.3 is 25.3 Å². The number of aromatic amines is 1. The SMILES string of the molecule is CCOC(=O)C1(C2CCCCC2)CCN(C(=O)C(Cc2ccc(Cl)c(Cl)c2)NC(=O)NCCCc2c[nH]cn2)CC1. The quantitative estimate of drug-likeness (QED) is 0.237. The lowest BCUT2D eigenvalue weighted by Gasteiger charge is -2.46. The second-order valence-corrected chi connectivity index (χ2v) is 11.9. The molecule has 3 N–H and O–H groups in total. The van der Waals surface area contributed by atoms with Crippen LogP contribution in [0.1, 0.15) is 69.5 Å². The lowest BCUT2D eigenvalue weighted by molar-refractivity contribution is -0.166. The average Bonchev–Trinajstić information content (AvgIpc) is 3.51.